The minimum atomic E-state index is -0.958. The molecular formula is C22H23N3O3S. The van der Waals surface area contributed by atoms with Crippen LogP contribution in [0.1, 0.15) is 28.1 Å². The lowest BCUT2D eigenvalue weighted by Crippen LogP contribution is -2.43. The molecule has 0 aliphatic heterocycles. The van der Waals surface area contributed by atoms with Crippen LogP contribution < -0.4 is 11.1 Å². The molecule has 4 N–H and O–H groups in total. The molecule has 1 amide bonds. The molecule has 2 aromatic carbocycles. The van der Waals surface area contributed by atoms with Crippen LogP contribution in [0, 0.1) is 5.41 Å². The molecule has 0 saturated heterocycles. The van der Waals surface area contributed by atoms with Gasteiger partial charge in [0.25, 0.3) is 0 Å². The standard InChI is InChI=1S/C22H23N3O3S/c23-8-7-14-5-6-18-17(9-14)25-19(29-18)13-24-21(28)22(12-20(26)27)10-15-3-1-2-4-16(15)11-22/h1-6,9H,7-8,10-13,23H2,(H,24,28)(H,26,27). The highest BCUT2D eigenvalue weighted by atomic mass is 32.1. The van der Waals surface area contributed by atoms with Crippen molar-refractivity contribution in [2.45, 2.75) is 32.2 Å². The number of amides is 1. The van der Waals surface area contributed by atoms with Crippen LogP contribution in [0.5, 0.6) is 0 Å². The Bertz CT molecular complexity index is 1050. The van der Waals surface area contributed by atoms with Crippen LogP contribution in [0.4, 0.5) is 0 Å². The number of aromatic nitrogens is 1. The fourth-order valence-electron chi connectivity index (χ4n) is 4.11. The molecule has 0 radical (unpaired) electrons. The summed E-state index contributed by atoms with van der Waals surface area (Å²) in [5.41, 5.74) is 8.83. The van der Waals surface area contributed by atoms with E-state index in [1.54, 1.807) is 0 Å². The molecule has 29 heavy (non-hydrogen) atoms. The lowest BCUT2D eigenvalue weighted by Gasteiger charge is -2.25. The van der Waals surface area contributed by atoms with Gasteiger partial charge in [-0.2, -0.15) is 0 Å². The second-order valence-electron chi connectivity index (χ2n) is 7.60. The summed E-state index contributed by atoms with van der Waals surface area (Å²) in [7, 11) is 0. The number of aliphatic carboxylic acids is 1. The average molecular weight is 410 g/mol. The van der Waals surface area contributed by atoms with Gasteiger partial charge in [0.2, 0.25) is 5.91 Å². The minimum absolute atomic E-state index is 0.185. The molecule has 1 aliphatic rings. The predicted octanol–water partition coefficient (Wildman–Crippen LogP) is 2.67. The summed E-state index contributed by atoms with van der Waals surface area (Å²) in [6.07, 6.45) is 1.51. The average Bonchev–Trinajstić information content (AvgIpc) is 3.26. The van der Waals surface area contributed by atoms with Gasteiger partial charge < -0.3 is 16.2 Å². The Balaban J connectivity index is 1.50. The van der Waals surface area contributed by atoms with Gasteiger partial charge in [0.05, 0.1) is 28.6 Å². The van der Waals surface area contributed by atoms with E-state index < -0.39 is 11.4 Å². The van der Waals surface area contributed by atoms with Crippen molar-refractivity contribution in [1.82, 2.24) is 10.3 Å². The second kappa shape index (κ2) is 7.93. The number of nitrogens with one attached hydrogen (secondary N) is 1. The third-order valence-electron chi connectivity index (χ3n) is 5.48. The third kappa shape index (κ3) is 4.02. The zero-order chi connectivity index (χ0) is 20.4. The molecule has 0 saturated carbocycles. The number of nitrogens with zero attached hydrogens (tertiary/aromatic N) is 1. The Labute approximate surface area is 172 Å². The number of carboxylic acids is 1. The van der Waals surface area contributed by atoms with Gasteiger partial charge in [0.15, 0.2) is 0 Å². The van der Waals surface area contributed by atoms with Crippen LogP contribution in [0.15, 0.2) is 42.5 Å². The molecule has 0 atom stereocenters. The van der Waals surface area contributed by atoms with Crippen LogP contribution in [0.3, 0.4) is 0 Å². The number of fused-ring (bicyclic) bond motifs is 2. The predicted molar refractivity (Wildman–Crippen MR) is 113 cm³/mol. The summed E-state index contributed by atoms with van der Waals surface area (Å²) in [5, 5.41) is 13.2. The molecule has 3 aromatic rings. The van der Waals surface area contributed by atoms with Crippen LogP contribution in [0.25, 0.3) is 10.2 Å². The number of carboxylic acid groups (broad SMARTS) is 1. The molecule has 7 heteroatoms. The fourth-order valence-corrected chi connectivity index (χ4v) is 5.00. The number of carbonyl (C=O) groups excluding carboxylic acids is 1. The molecule has 6 nitrogen and oxygen atoms in total. The molecule has 0 fully saturated rings. The molecule has 0 spiro atoms. The maximum absolute atomic E-state index is 13.1. The maximum Gasteiger partial charge on any atom is 0.304 e. The summed E-state index contributed by atoms with van der Waals surface area (Å²) in [4.78, 5) is 29.2. The van der Waals surface area contributed by atoms with Crippen molar-refractivity contribution < 1.29 is 14.7 Å². The van der Waals surface area contributed by atoms with E-state index in [0.717, 1.165) is 38.3 Å². The SMILES string of the molecule is NCCc1ccc2sc(CNC(=O)C3(CC(=O)O)Cc4ccccc4C3)nc2c1. The first-order valence-corrected chi connectivity index (χ1v) is 10.5. The van der Waals surface area contributed by atoms with Crippen molar-refractivity contribution in [3.8, 4) is 0 Å². The van der Waals surface area contributed by atoms with Gasteiger partial charge in [-0.05, 0) is 54.6 Å². The summed E-state index contributed by atoms with van der Waals surface area (Å²) < 4.78 is 1.06. The summed E-state index contributed by atoms with van der Waals surface area (Å²) >= 11 is 1.54. The van der Waals surface area contributed by atoms with E-state index in [1.807, 2.05) is 42.5 Å². The molecular weight excluding hydrogens is 386 g/mol. The van der Waals surface area contributed by atoms with Gasteiger partial charge in [0, 0.05) is 0 Å². The normalized spacial score (nSPS) is 14.7. The van der Waals surface area contributed by atoms with Gasteiger partial charge in [-0.3, -0.25) is 9.59 Å². The van der Waals surface area contributed by atoms with Crippen LogP contribution in [0.2, 0.25) is 0 Å². The first-order chi connectivity index (χ1) is 14.0. The molecule has 4 rings (SSSR count). The Morgan fingerprint density at radius 1 is 1.17 bits per heavy atom. The zero-order valence-electron chi connectivity index (χ0n) is 16.0. The van der Waals surface area contributed by atoms with Gasteiger partial charge >= 0.3 is 5.97 Å². The van der Waals surface area contributed by atoms with Crippen molar-refractivity contribution in [3.05, 3.63) is 64.2 Å². The number of carbonyl (C=O) groups is 2. The van der Waals surface area contributed by atoms with Crippen LogP contribution in [-0.4, -0.2) is 28.5 Å². The second-order valence-corrected chi connectivity index (χ2v) is 8.72. The van der Waals surface area contributed by atoms with E-state index in [4.69, 9.17) is 5.73 Å². The smallest absolute Gasteiger partial charge is 0.304 e. The van der Waals surface area contributed by atoms with E-state index >= 15 is 0 Å². The van der Waals surface area contributed by atoms with Crippen molar-refractivity contribution in [3.63, 3.8) is 0 Å². The van der Waals surface area contributed by atoms with E-state index in [0.29, 0.717) is 25.9 Å². The number of rotatable bonds is 7. The Morgan fingerprint density at radius 3 is 2.55 bits per heavy atom. The number of thiazole rings is 1. The van der Waals surface area contributed by atoms with Crippen LogP contribution in [-0.2, 0) is 35.4 Å². The van der Waals surface area contributed by atoms with E-state index in [9.17, 15) is 14.7 Å². The summed E-state index contributed by atoms with van der Waals surface area (Å²) in [6.45, 7) is 0.884. The van der Waals surface area contributed by atoms with E-state index in [1.165, 1.54) is 11.3 Å². The highest BCUT2D eigenvalue weighted by Crippen LogP contribution is 2.40. The minimum Gasteiger partial charge on any atom is -0.481 e. The fraction of sp³-hybridized carbons (Fsp3) is 0.318. The molecule has 1 aliphatic carbocycles. The lowest BCUT2D eigenvalue weighted by atomic mass is 9.80. The van der Waals surface area contributed by atoms with Crippen LogP contribution >= 0.6 is 11.3 Å². The van der Waals surface area contributed by atoms with E-state index in [-0.39, 0.29) is 12.3 Å². The van der Waals surface area contributed by atoms with Crippen molar-refractivity contribution in [2.75, 3.05) is 6.54 Å². The summed E-state index contributed by atoms with van der Waals surface area (Å²) in [5.74, 6) is -1.18. The van der Waals surface area contributed by atoms with Gasteiger partial charge in [0.1, 0.15) is 5.01 Å². The van der Waals surface area contributed by atoms with E-state index in [2.05, 4.69) is 10.3 Å². The number of nitrogens with two attached hydrogens (primary N) is 1. The Morgan fingerprint density at radius 2 is 1.90 bits per heavy atom. The van der Waals surface area contributed by atoms with Gasteiger partial charge in [-0.25, -0.2) is 4.98 Å². The molecule has 0 bridgehead atoms. The molecule has 1 heterocycles. The molecule has 1 aromatic heterocycles. The number of hydrogen-bond donors (Lipinski definition) is 3. The highest BCUT2D eigenvalue weighted by molar-refractivity contribution is 7.18. The molecule has 150 valence electrons. The van der Waals surface area contributed by atoms with Gasteiger partial charge in [-0.15, -0.1) is 11.3 Å². The van der Waals surface area contributed by atoms with Gasteiger partial charge in [-0.1, -0.05) is 30.3 Å². The zero-order valence-corrected chi connectivity index (χ0v) is 16.8. The van der Waals surface area contributed by atoms with Crippen molar-refractivity contribution >= 4 is 33.4 Å². The maximum atomic E-state index is 13.1. The molecule has 0 unspecified atom stereocenters. The first kappa shape index (κ1) is 19.5. The van der Waals surface area contributed by atoms with Crippen molar-refractivity contribution in [2.24, 2.45) is 11.1 Å². The monoisotopic (exact) mass is 409 g/mol. The largest absolute Gasteiger partial charge is 0.481 e. The lowest BCUT2D eigenvalue weighted by molar-refractivity contribution is -0.145. The third-order valence-corrected chi connectivity index (χ3v) is 6.51. The summed E-state index contributed by atoms with van der Waals surface area (Å²) in [6, 6.07) is 13.9. The number of hydrogen-bond acceptors (Lipinski definition) is 5. The Hall–Kier alpha value is -2.77. The quantitative estimate of drug-likeness (QED) is 0.556. The van der Waals surface area contributed by atoms with Crippen molar-refractivity contribution in [1.29, 1.82) is 0 Å². The highest BCUT2D eigenvalue weighted by Gasteiger charge is 2.45. The number of benzene rings is 2. The first-order valence-electron chi connectivity index (χ1n) is 9.64. The Kier molecular flexibility index (Phi) is 5.34. The topological polar surface area (TPSA) is 105 Å².